The first-order valence-electron chi connectivity index (χ1n) is 41.6. The van der Waals surface area contributed by atoms with Gasteiger partial charge in [0.1, 0.15) is 22.2 Å². The normalized spacial score (nSPS) is 31.2. The standard InChI is InChI=1S/C18H31BN4O9S.2C16H27BN4O9S.C15H27BN4O9S.4CO2/c1-11(17(20)5-6-17)22-33(29,30)23-8-12(18(21,9-23)14(26)27)4-3-7-19-31-10-16(2,13(24)25)15(28)32-19;2*1-15(12(22)23)8-29-17(30-14(15)26)4-2-3-9-6-21(7-16(9,19)13(24)25)31(27,28)20-11-5-10(11)18;1-14(11(21)22)9-28-16(29-13(14)25)4-2-3-10-7-20(8-15(10,18)12(23)24)30(26,27)19-6-5-17;4*2-1-3/h11-12,22H,3-10,20-21H2,1-2H3,(H,24,25)(H,26,27);2*9-11,20H,2-8,18-19H2,1H3,(H,22,23)(H,24,25);10,19H,2-9,17-18H2,1H3,(H,21,22)(H,23,24);;;;/t11?,12-,16?,18-;9-,10+,11+,15?,16-;9-,10-,11-,15?,16-;10-,14?,15-;;;;/m0000..../s1. The van der Waals surface area contributed by atoms with E-state index < -0.39 is 233 Å². The van der Waals surface area contributed by atoms with Crippen molar-refractivity contribution < 1.29 is 208 Å². The molecule has 0 aromatic carbocycles. The molecule has 0 amide bonds. The quantitative estimate of drug-likeness (QED) is 0.0202. The minimum absolute atomic E-state index is 0.00773. The Kier molecular flexibility index (Phi) is 42.8. The second-order valence-corrected chi connectivity index (χ2v) is 41.9. The Morgan fingerprint density at radius 1 is 0.401 bits per heavy atom. The van der Waals surface area contributed by atoms with Gasteiger partial charge in [0.2, 0.25) is 0 Å². The molecule has 3 aliphatic carbocycles. The number of nitrogens with one attached hydrogen (secondary N) is 4. The van der Waals surface area contributed by atoms with Gasteiger partial charge in [-0.05, 0) is 111 Å². The topological polar surface area (TPSA) is 983 Å². The zero-order valence-corrected chi connectivity index (χ0v) is 77.8. The van der Waals surface area contributed by atoms with Gasteiger partial charge in [-0.2, -0.15) is 103 Å². The van der Waals surface area contributed by atoms with Crippen molar-refractivity contribution in [3.05, 3.63) is 0 Å². The number of hydrogen-bond donors (Lipinski definition) is 20. The maximum absolute atomic E-state index is 12.8. The first-order chi connectivity index (χ1) is 63.2. The Labute approximate surface area is 783 Å². The summed E-state index contributed by atoms with van der Waals surface area (Å²) in [6, 6.07) is -1.74. The van der Waals surface area contributed by atoms with Crippen molar-refractivity contribution in [1.82, 2.24) is 36.1 Å². The highest BCUT2D eigenvalue weighted by molar-refractivity contribution is 7.88. The monoisotopic (exact) mass is 2040 g/mol. The predicted octanol–water partition coefficient (Wildman–Crippen LogP) is -11.4. The summed E-state index contributed by atoms with van der Waals surface area (Å²) in [5.41, 5.74) is 32.2. The van der Waals surface area contributed by atoms with Crippen molar-refractivity contribution in [3.63, 3.8) is 0 Å². The lowest BCUT2D eigenvalue weighted by Gasteiger charge is -2.31. The van der Waals surface area contributed by atoms with Gasteiger partial charge in [0.25, 0.3) is 40.8 Å². The molecule has 5 unspecified atom stereocenters. The van der Waals surface area contributed by atoms with E-state index in [0.717, 1.165) is 17.2 Å². The van der Waals surface area contributed by atoms with Crippen LogP contribution in [0.25, 0.3) is 0 Å². The molecule has 0 spiro atoms. The molecular formula is C69H112B4N16O44S4. The Hall–Kier alpha value is -9.58. The summed E-state index contributed by atoms with van der Waals surface area (Å²) in [7, 11) is -19.6. The molecule has 28 N–H and O–H groups in total. The van der Waals surface area contributed by atoms with Crippen molar-refractivity contribution in [2.24, 2.45) is 91.2 Å². The molecule has 0 aromatic heterocycles. The average molecular weight is 2040 g/mol. The molecule has 17 atom stereocenters. The smallest absolute Gasteiger partial charge is 0.509 e. The molecule has 8 saturated heterocycles. The Morgan fingerprint density at radius 3 is 0.796 bits per heavy atom. The number of carbonyl (C=O) groups excluding carboxylic acids is 12. The molecule has 768 valence electrons. The maximum Gasteiger partial charge on any atom is 0.527 e. The highest BCUT2D eigenvalue weighted by Crippen LogP contribution is 2.41. The molecule has 0 aromatic rings. The van der Waals surface area contributed by atoms with Crippen LogP contribution in [0.15, 0.2) is 0 Å². The first kappa shape index (κ1) is 120. The van der Waals surface area contributed by atoms with Gasteiger partial charge in [-0.1, -0.05) is 25.7 Å². The SMILES string of the molecule is CC(NS(=O)(=O)N1C[C@H](CCCB2OCC(C)(C(=O)O)C(=O)O2)[C@](N)(C(=O)O)C1)C1(N)CC1.CC1(C(=O)O)COB(CCC[C@H]2CN(S(=O)(=O)NCCN)C[C@@]2(N)C(=O)O)OC1=O.CC1(C(=O)O)COB(CCC[C@H]2CN(S(=O)(=O)N[C@@H]3C[C@H]3N)C[C@@]2(N)C(=O)O)OC1=O.CC1(C(=O)O)COB(CCC[C@H]2CN(S(=O)(=O)N[C@H]3C[C@@H]3N)C[C@@]2(N)C(=O)O)OC1=O.O=C=O.O=C=O.O=C=O.O=C=O. The lowest BCUT2D eigenvalue weighted by molar-refractivity contribution is -0.193. The van der Waals surface area contributed by atoms with Gasteiger partial charge >= 0.3 is 125 Å². The third-order valence-electron chi connectivity index (χ3n) is 24.9. The van der Waals surface area contributed by atoms with Crippen LogP contribution in [0.3, 0.4) is 0 Å². The Balaban J connectivity index is 0.000000366. The Bertz CT molecular complexity index is 4840. The zero-order chi connectivity index (χ0) is 105. The van der Waals surface area contributed by atoms with Crippen molar-refractivity contribution in [2.45, 2.75) is 195 Å². The van der Waals surface area contributed by atoms with Gasteiger partial charge in [0.15, 0.2) is 21.7 Å². The van der Waals surface area contributed by atoms with Gasteiger partial charge in [-0.15, -0.1) is 0 Å². The number of hydrogen-bond acceptors (Lipinski definition) is 44. The maximum atomic E-state index is 12.8. The second kappa shape index (κ2) is 49.0. The lowest BCUT2D eigenvalue weighted by Crippen LogP contribution is -2.56. The molecule has 11 rings (SSSR count). The van der Waals surface area contributed by atoms with Gasteiger partial charge in [0.05, 0.1) is 26.4 Å². The largest absolute Gasteiger partial charge is 0.527 e. The van der Waals surface area contributed by atoms with Crippen molar-refractivity contribution >= 4 is 166 Å². The minimum atomic E-state index is -4.00. The van der Waals surface area contributed by atoms with Crippen molar-refractivity contribution in [1.29, 1.82) is 0 Å². The van der Waals surface area contributed by atoms with E-state index in [4.69, 9.17) is 142 Å². The molecule has 11 fully saturated rings. The molecule has 8 heterocycles. The van der Waals surface area contributed by atoms with Crippen LogP contribution >= 0.6 is 0 Å². The molecule has 60 nitrogen and oxygen atoms in total. The van der Waals surface area contributed by atoms with E-state index >= 15 is 0 Å². The summed E-state index contributed by atoms with van der Waals surface area (Å²) in [5, 5.41) is 75.0. The van der Waals surface area contributed by atoms with Crippen LogP contribution in [0.5, 0.6) is 0 Å². The number of nitrogens with two attached hydrogens (primary N) is 8. The Morgan fingerprint density at radius 2 is 0.613 bits per heavy atom. The van der Waals surface area contributed by atoms with Crippen molar-refractivity contribution in [3.8, 4) is 0 Å². The molecule has 137 heavy (non-hydrogen) atoms. The second-order valence-electron chi connectivity index (χ2n) is 35.1. The minimum Gasteiger partial charge on any atom is -0.509 e. The molecule has 8 aliphatic heterocycles. The number of carbonyl (C=O) groups is 12. The number of rotatable bonds is 38. The molecular weight excluding hydrogens is 1930 g/mol. The van der Waals surface area contributed by atoms with Crippen LogP contribution in [0.2, 0.25) is 25.3 Å². The fourth-order valence-electron chi connectivity index (χ4n) is 14.9. The molecule has 11 aliphatic rings. The molecule has 0 radical (unpaired) electrons. The van der Waals surface area contributed by atoms with Gasteiger partial charge in [0, 0.05) is 125 Å². The van der Waals surface area contributed by atoms with E-state index in [1.807, 2.05) is 0 Å². The van der Waals surface area contributed by atoms with E-state index in [9.17, 15) is 112 Å². The number of carboxylic acid groups (broad SMARTS) is 8. The van der Waals surface area contributed by atoms with Crippen LogP contribution in [0.1, 0.15) is 112 Å². The van der Waals surface area contributed by atoms with Crippen LogP contribution in [-0.2, 0) is 174 Å². The van der Waals surface area contributed by atoms with Crippen LogP contribution in [0, 0.1) is 45.3 Å². The van der Waals surface area contributed by atoms with E-state index in [1.165, 1.54) is 27.7 Å². The lowest BCUT2D eigenvalue weighted by atomic mass is 9.75. The number of nitrogens with zero attached hydrogens (tertiary/aromatic N) is 4. The van der Waals surface area contributed by atoms with E-state index in [1.54, 1.807) is 6.92 Å². The van der Waals surface area contributed by atoms with Crippen LogP contribution in [-0.4, -0.2) is 366 Å². The van der Waals surface area contributed by atoms with E-state index in [2.05, 4.69) is 18.9 Å². The molecule has 3 saturated carbocycles. The fourth-order valence-corrected chi connectivity index (χ4v) is 20.9. The van der Waals surface area contributed by atoms with Crippen molar-refractivity contribution in [2.75, 3.05) is 91.9 Å². The summed E-state index contributed by atoms with van der Waals surface area (Å²) in [6.45, 7) is 3.34. The summed E-state index contributed by atoms with van der Waals surface area (Å²) < 4.78 is 156. The van der Waals surface area contributed by atoms with E-state index in [0.29, 0.717) is 51.4 Å². The average Bonchev–Trinajstić information content (AvgIpc) is 1.61. The number of carboxylic acids is 8. The summed E-state index contributed by atoms with van der Waals surface area (Å²) in [6.07, 6.45) is 6.45. The third kappa shape index (κ3) is 30.5. The van der Waals surface area contributed by atoms with Gasteiger partial charge in [-0.3, -0.25) is 57.5 Å². The van der Waals surface area contributed by atoms with Gasteiger partial charge < -0.3 is 124 Å². The highest BCUT2D eigenvalue weighted by atomic mass is 32.2. The third-order valence-corrected chi connectivity index (χ3v) is 31.1. The first-order valence-corrected chi connectivity index (χ1v) is 47.4. The molecule has 0 bridgehead atoms. The summed E-state index contributed by atoms with van der Waals surface area (Å²) >= 11 is 0. The predicted molar refractivity (Wildman–Crippen MR) is 449 cm³/mol. The highest BCUT2D eigenvalue weighted by Gasteiger charge is 2.61. The molecule has 68 heteroatoms. The fraction of sp³-hybridized carbons (Fsp3) is 0.768. The van der Waals surface area contributed by atoms with Gasteiger partial charge in [-0.25, -0.2) is 4.72 Å². The summed E-state index contributed by atoms with van der Waals surface area (Å²) in [5.74, 6) is -17.0. The summed E-state index contributed by atoms with van der Waals surface area (Å²) in [4.78, 5) is 205. The van der Waals surface area contributed by atoms with Crippen LogP contribution < -0.4 is 64.8 Å². The zero-order valence-electron chi connectivity index (χ0n) is 74.5. The van der Waals surface area contributed by atoms with Crippen LogP contribution in [0.4, 0.5) is 0 Å². The number of aliphatic carboxylic acids is 8. The van der Waals surface area contributed by atoms with E-state index in [-0.39, 0.29) is 179 Å².